The molecule has 1 amide bonds. The van der Waals surface area contributed by atoms with Crippen molar-refractivity contribution in [2.24, 2.45) is 0 Å². The lowest BCUT2D eigenvalue weighted by atomic mass is 10.1. The summed E-state index contributed by atoms with van der Waals surface area (Å²) in [5, 5.41) is 13.5. The first-order valence-corrected chi connectivity index (χ1v) is 10.7. The number of carbonyl (C=O) groups excluding carboxylic acids is 1. The van der Waals surface area contributed by atoms with E-state index in [0.29, 0.717) is 17.1 Å². The van der Waals surface area contributed by atoms with Crippen molar-refractivity contribution in [3.8, 4) is 6.07 Å². The number of hydrogen-bond donors (Lipinski definition) is 2. The number of H-pyrrole nitrogens is 1. The molecule has 2 N–H and O–H groups in total. The van der Waals surface area contributed by atoms with E-state index in [0.717, 1.165) is 33.1 Å². The second kappa shape index (κ2) is 8.68. The molecular formula is C27H20FN5O. The lowest BCUT2D eigenvalue weighted by Gasteiger charge is -2.07. The average molecular weight is 449 g/mol. The van der Waals surface area contributed by atoms with Gasteiger partial charge in [-0.05, 0) is 61.0 Å². The van der Waals surface area contributed by atoms with Gasteiger partial charge < -0.3 is 14.9 Å². The normalized spacial score (nSPS) is 11.6. The number of fused-ring (bicyclic) bond motifs is 2. The van der Waals surface area contributed by atoms with Crippen molar-refractivity contribution in [3.63, 3.8) is 0 Å². The number of aryl methyl sites for hydroxylation is 1. The summed E-state index contributed by atoms with van der Waals surface area (Å²) in [7, 11) is 0. The predicted octanol–water partition coefficient (Wildman–Crippen LogP) is 5.67. The molecule has 5 aromatic rings. The van der Waals surface area contributed by atoms with E-state index in [4.69, 9.17) is 0 Å². The first-order valence-electron chi connectivity index (χ1n) is 10.7. The van der Waals surface area contributed by atoms with Crippen LogP contribution in [0.1, 0.15) is 17.0 Å². The number of hydrogen-bond acceptors (Lipinski definition) is 3. The van der Waals surface area contributed by atoms with E-state index in [-0.39, 0.29) is 18.3 Å². The monoisotopic (exact) mass is 449 g/mol. The molecule has 166 valence electrons. The number of nitrogens with zero attached hydrogens (tertiary/aromatic N) is 3. The fourth-order valence-corrected chi connectivity index (χ4v) is 3.97. The molecule has 6 nitrogen and oxygen atoms in total. The van der Waals surface area contributed by atoms with Crippen LogP contribution >= 0.6 is 0 Å². The van der Waals surface area contributed by atoms with Gasteiger partial charge in [-0.2, -0.15) is 5.26 Å². The summed E-state index contributed by atoms with van der Waals surface area (Å²) >= 11 is 0. The summed E-state index contributed by atoms with van der Waals surface area (Å²) in [4.78, 5) is 20.4. The number of nitrogens with one attached hydrogen (secondary N) is 2. The van der Waals surface area contributed by atoms with E-state index in [9.17, 15) is 14.4 Å². The number of allylic oxidation sites excluding steroid dienone is 1. The summed E-state index contributed by atoms with van der Waals surface area (Å²) in [5.41, 5.74) is 5.35. The minimum absolute atomic E-state index is 0.0670. The van der Waals surface area contributed by atoms with Crippen molar-refractivity contribution in [1.29, 1.82) is 5.26 Å². The highest BCUT2D eigenvalue weighted by Gasteiger charge is 2.13. The summed E-state index contributed by atoms with van der Waals surface area (Å²) in [6.45, 7) is 2.07. The average Bonchev–Trinajstić information content (AvgIpc) is 3.40. The number of imidazole rings is 1. The number of para-hydroxylation sites is 1. The third-order valence-electron chi connectivity index (χ3n) is 5.57. The minimum Gasteiger partial charge on any atom is -0.337 e. The Balaban J connectivity index is 1.48. The summed E-state index contributed by atoms with van der Waals surface area (Å²) in [5.74, 6) is -0.108. The second-order valence-electron chi connectivity index (χ2n) is 8.06. The van der Waals surface area contributed by atoms with Gasteiger partial charge in [0.2, 0.25) is 5.91 Å². The van der Waals surface area contributed by atoms with Crippen LogP contribution in [0.2, 0.25) is 0 Å². The van der Waals surface area contributed by atoms with Crippen LogP contribution in [-0.4, -0.2) is 20.4 Å². The fourth-order valence-electron chi connectivity index (χ4n) is 3.97. The molecule has 34 heavy (non-hydrogen) atoms. The van der Waals surface area contributed by atoms with Gasteiger partial charge in [-0.25, -0.2) is 9.37 Å². The van der Waals surface area contributed by atoms with Gasteiger partial charge in [-0.1, -0.05) is 24.3 Å². The molecule has 0 saturated carbocycles. The van der Waals surface area contributed by atoms with E-state index in [1.54, 1.807) is 6.08 Å². The molecule has 0 radical (unpaired) electrons. The maximum Gasteiger partial charge on any atom is 0.244 e. The number of carbonyl (C=O) groups is 1. The van der Waals surface area contributed by atoms with E-state index in [2.05, 4.69) is 21.4 Å². The van der Waals surface area contributed by atoms with Crippen LogP contribution < -0.4 is 5.32 Å². The Morgan fingerprint density at radius 3 is 2.76 bits per heavy atom. The number of anilines is 1. The molecule has 2 aromatic heterocycles. The molecular weight excluding hydrogens is 429 g/mol. The highest BCUT2D eigenvalue weighted by molar-refractivity contribution is 5.99. The van der Waals surface area contributed by atoms with Crippen molar-refractivity contribution in [2.45, 2.75) is 13.5 Å². The summed E-state index contributed by atoms with van der Waals surface area (Å²) in [6, 6.07) is 21.5. The topological polar surface area (TPSA) is 86.5 Å². The van der Waals surface area contributed by atoms with Gasteiger partial charge in [-0.15, -0.1) is 0 Å². The molecule has 0 aliphatic carbocycles. The molecule has 7 heteroatoms. The zero-order valence-corrected chi connectivity index (χ0v) is 18.3. The van der Waals surface area contributed by atoms with Crippen LogP contribution in [0.5, 0.6) is 0 Å². The SMILES string of the molecule is Cc1ccc2nc(C(C#N)=Cc3cn(CC(=O)Nc4ccc(F)cc4)c4ccccc34)[nH]c2c1. The Hall–Kier alpha value is -4.70. The molecule has 3 aromatic carbocycles. The highest BCUT2D eigenvalue weighted by Crippen LogP contribution is 2.26. The van der Waals surface area contributed by atoms with Gasteiger partial charge in [0.05, 0.1) is 16.6 Å². The number of rotatable bonds is 5. The Morgan fingerprint density at radius 2 is 1.97 bits per heavy atom. The number of amides is 1. The first kappa shape index (κ1) is 21.2. The zero-order valence-electron chi connectivity index (χ0n) is 18.3. The lowest BCUT2D eigenvalue weighted by molar-refractivity contribution is -0.116. The zero-order chi connectivity index (χ0) is 23.7. The maximum absolute atomic E-state index is 13.1. The molecule has 0 aliphatic rings. The van der Waals surface area contributed by atoms with Gasteiger partial charge in [0, 0.05) is 28.4 Å². The van der Waals surface area contributed by atoms with Gasteiger partial charge in [0.1, 0.15) is 24.3 Å². The van der Waals surface area contributed by atoms with Crippen molar-refractivity contribution in [3.05, 3.63) is 95.7 Å². The van der Waals surface area contributed by atoms with Gasteiger partial charge >= 0.3 is 0 Å². The Labute approximate surface area is 195 Å². The molecule has 0 aliphatic heterocycles. The maximum atomic E-state index is 13.1. The smallest absolute Gasteiger partial charge is 0.244 e. The van der Waals surface area contributed by atoms with E-state index in [1.807, 2.05) is 60.2 Å². The molecule has 0 unspecified atom stereocenters. The molecule has 0 spiro atoms. The number of aromatic amines is 1. The number of benzene rings is 3. The molecule has 5 rings (SSSR count). The van der Waals surface area contributed by atoms with Crippen molar-refractivity contribution in [2.75, 3.05) is 5.32 Å². The molecule has 0 saturated heterocycles. The molecule has 2 heterocycles. The Bertz CT molecular complexity index is 1600. The molecule has 0 bridgehead atoms. The number of aromatic nitrogens is 3. The summed E-state index contributed by atoms with van der Waals surface area (Å²) < 4.78 is 15.0. The quantitative estimate of drug-likeness (QED) is 0.339. The Kier molecular flexibility index (Phi) is 5.40. The minimum atomic E-state index is -0.362. The van der Waals surface area contributed by atoms with Crippen LogP contribution in [0.4, 0.5) is 10.1 Å². The van der Waals surface area contributed by atoms with Crippen LogP contribution in [0.3, 0.4) is 0 Å². The van der Waals surface area contributed by atoms with Gasteiger partial charge in [-0.3, -0.25) is 4.79 Å². The van der Waals surface area contributed by atoms with Crippen LogP contribution in [-0.2, 0) is 11.3 Å². The first-order chi connectivity index (χ1) is 16.5. The van der Waals surface area contributed by atoms with E-state index >= 15 is 0 Å². The van der Waals surface area contributed by atoms with Crippen molar-refractivity contribution >= 4 is 45.2 Å². The third-order valence-corrected chi connectivity index (χ3v) is 5.57. The fraction of sp³-hybridized carbons (Fsp3) is 0.0741. The second-order valence-corrected chi connectivity index (χ2v) is 8.06. The lowest BCUT2D eigenvalue weighted by Crippen LogP contribution is -2.18. The molecule has 0 fully saturated rings. The van der Waals surface area contributed by atoms with Gasteiger partial charge in [0.15, 0.2) is 0 Å². The number of nitriles is 1. The summed E-state index contributed by atoms with van der Waals surface area (Å²) in [6.07, 6.45) is 3.63. The third kappa shape index (κ3) is 4.17. The predicted molar refractivity (Wildman–Crippen MR) is 131 cm³/mol. The number of halogens is 1. The highest BCUT2D eigenvalue weighted by atomic mass is 19.1. The standard InChI is InChI=1S/C27H20FN5O/c1-17-6-11-23-24(12-17)32-27(31-23)18(14-29)13-19-15-33(25-5-3-2-4-22(19)25)16-26(34)30-21-9-7-20(28)8-10-21/h2-13,15H,16H2,1H3,(H,30,34)(H,31,32). The van der Waals surface area contributed by atoms with E-state index < -0.39 is 0 Å². The van der Waals surface area contributed by atoms with Crippen LogP contribution in [0, 0.1) is 24.1 Å². The van der Waals surface area contributed by atoms with Crippen LogP contribution in [0.15, 0.2) is 72.9 Å². The van der Waals surface area contributed by atoms with Crippen LogP contribution in [0.25, 0.3) is 33.6 Å². The molecule has 0 atom stereocenters. The van der Waals surface area contributed by atoms with Crippen molar-refractivity contribution < 1.29 is 9.18 Å². The van der Waals surface area contributed by atoms with Gasteiger partial charge in [0.25, 0.3) is 0 Å². The van der Waals surface area contributed by atoms with E-state index in [1.165, 1.54) is 24.3 Å². The Morgan fingerprint density at radius 1 is 1.18 bits per heavy atom. The largest absolute Gasteiger partial charge is 0.337 e. The van der Waals surface area contributed by atoms with Crippen molar-refractivity contribution in [1.82, 2.24) is 14.5 Å².